The highest BCUT2D eigenvalue weighted by Gasteiger charge is 2.20. The number of carbonyl (C=O) groups excluding carboxylic acids is 1. The van der Waals surface area contributed by atoms with Crippen LogP contribution in [0.25, 0.3) is 0 Å². The van der Waals surface area contributed by atoms with Gasteiger partial charge in [-0.1, -0.05) is 0 Å². The van der Waals surface area contributed by atoms with Gasteiger partial charge in [-0.2, -0.15) is 0 Å². The maximum Gasteiger partial charge on any atom is 0.239 e. The molecule has 0 aromatic rings. The summed E-state index contributed by atoms with van der Waals surface area (Å²) in [5, 5.41) is 2.75. The number of hydrogen-bond acceptors (Lipinski definition) is 4. The minimum Gasteiger partial charge on any atom is -0.383 e. The quantitative estimate of drug-likeness (QED) is 0.542. The molecule has 16 heavy (non-hydrogen) atoms. The fourth-order valence-electron chi connectivity index (χ4n) is 1.31. The first-order valence-electron chi connectivity index (χ1n) is 5.84. The van der Waals surface area contributed by atoms with Gasteiger partial charge in [-0.25, -0.2) is 0 Å². The summed E-state index contributed by atoms with van der Waals surface area (Å²) in [5.41, 5.74) is 5.55. The SMILES string of the molecule is COCC(N)C(=O)NCCCOCC1CC1. The second kappa shape index (κ2) is 7.60. The van der Waals surface area contributed by atoms with Gasteiger partial charge in [0.15, 0.2) is 0 Å². The molecule has 1 saturated carbocycles. The minimum atomic E-state index is -0.572. The van der Waals surface area contributed by atoms with Crippen molar-refractivity contribution in [3.63, 3.8) is 0 Å². The molecule has 0 saturated heterocycles. The van der Waals surface area contributed by atoms with Crippen molar-refractivity contribution in [2.45, 2.75) is 25.3 Å². The molecule has 0 heterocycles. The lowest BCUT2D eigenvalue weighted by molar-refractivity contribution is -0.123. The third-order valence-electron chi connectivity index (χ3n) is 2.50. The Morgan fingerprint density at radius 1 is 1.56 bits per heavy atom. The van der Waals surface area contributed by atoms with Crippen LogP contribution >= 0.6 is 0 Å². The smallest absolute Gasteiger partial charge is 0.239 e. The summed E-state index contributed by atoms with van der Waals surface area (Å²) < 4.78 is 10.2. The molecule has 0 spiro atoms. The van der Waals surface area contributed by atoms with Crippen LogP contribution in [0.2, 0.25) is 0 Å². The number of carbonyl (C=O) groups is 1. The standard InChI is InChI=1S/C11H22N2O3/c1-15-8-10(12)11(14)13-5-2-6-16-7-9-3-4-9/h9-10H,2-8,12H2,1H3,(H,13,14). The molecular weight excluding hydrogens is 208 g/mol. The zero-order chi connectivity index (χ0) is 11.8. The van der Waals surface area contributed by atoms with E-state index in [1.165, 1.54) is 20.0 Å². The first-order chi connectivity index (χ1) is 7.74. The molecule has 0 aliphatic heterocycles. The van der Waals surface area contributed by atoms with E-state index in [1.807, 2.05) is 0 Å². The lowest BCUT2D eigenvalue weighted by Crippen LogP contribution is -2.43. The van der Waals surface area contributed by atoms with Crippen LogP contribution in [-0.4, -0.2) is 45.4 Å². The van der Waals surface area contributed by atoms with E-state index < -0.39 is 6.04 Å². The third-order valence-corrected chi connectivity index (χ3v) is 2.50. The van der Waals surface area contributed by atoms with Crippen molar-refractivity contribution in [2.24, 2.45) is 11.7 Å². The summed E-state index contributed by atoms with van der Waals surface area (Å²) in [6, 6.07) is -0.572. The van der Waals surface area contributed by atoms with E-state index in [0.29, 0.717) is 13.2 Å². The van der Waals surface area contributed by atoms with Crippen LogP contribution in [-0.2, 0) is 14.3 Å². The van der Waals surface area contributed by atoms with E-state index in [-0.39, 0.29) is 12.5 Å². The molecule has 5 nitrogen and oxygen atoms in total. The largest absolute Gasteiger partial charge is 0.383 e. The average Bonchev–Trinajstić information content (AvgIpc) is 3.07. The van der Waals surface area contributed by atoms with E-state index in [9.17, 15) is 4.79 Å². The van der Waals surface area contributed by atoms with E-state index in [2.05, 4.69) is 5.32 Å². The molecular formula is C11H22N2O3. The molecule has 1 atom stereocenters. The molecule has 1 rings (SSSR count). The Morgan fingerprint density at radius 2 is 2.31 bits per heavy atom. The molecule has 0 aromatic heterocycles. The molecule has 94 valence electrons. The Labute approximate surface area is 96.7 Å². The predicted molar refractivity (Wildman–Crippen MR) is 61.0 cm³/mol. The van der Waals surface area contributed by atoms with Crippen molar-refractivity contribution in [3.05, 3.63) is 0 Å². The Balaban J connectivity index is 1.86. The lowest BCUT2D eigenvalue weighted by atomic mass is 10.3. The second-order valence-electron chi connectivity index (χ2n) is 4.22. The number of ether oxygens (including phenoxy) is 2. The molecule has 1 aliphatic carbocycles. The van der Waals surface area contributed by atoms with Gasteiger partial charge >= 0.3 is 0 Å². The van der Waals surface area contributed by atoms with Crippen molar-refractivity contribution in [2.75, 3.05) is 33.5 Å². The van der Waals surface area contributed by atoms with E-state index in [0.717, 1.165) is 18.9 Å². The number of hydrogen-bond donors (Lipinski definition) is 2. The molecule has 0 bridgehead atoms. The molecule has 3 N–H and O–H groups in total. The van der Waals surface area contributed by atoms with Crippen LogP contribution < -0.4 is 11.1 Å². The van der Waals surface area contributed by atoms with E-state index in [1.54, 1.807) is 0 Å². The summed E-state index contributed by atoms with van der Waals surface area (Å²) in [6.07, 6.45) is 3.45. The molecule has 0 aromatic carbocycles. The van der Waals surface area contributed by atoms with Crippen LogP contribution in [0.15, 0.2) is 0 Å². The summed E-state index contributed by atoms with van der Waals surface area (Å²) in [4.78, 5) is 11.3. The van der Waals surface area contributed by atoms with Crippen LogP contribution in [0.1, 0.15) is 19.3 Å². The number of nitrogens with one attached hydrogen (secondary N) is 1. The molecule has 1 aliphatic rings. The number of nitrogens with two attached hydrogens (primary N) is 1. The third kappa shape index (κ3) is 6.05. The number of rotatable bonds is 9. The van der Waals surface area contributed by atoms with Gasteiger partial charge < -0.3 is 20.5 Å². The van der Waals surface area contributed by atoms with Gasteiger partial charge in [0.05, 0.1) is 6.61 Å². The zero-order valence-electron chi connectivity index (χ0n) is 9.91. The monoisotopic (exact) mass is 230 g/mol. The van der Waals surface area contributed by atoms with Crippen molar-refractivity contribution < 1.29 is 14.3 Å². The van der Waals surface area contributed by atoms with Crippen molar-refractivity contribution >= 4 is 5.91 Å². The topological polar surface area (TPSA) is 73.6 Å². The van der Waals surface area contributed by atoms with Gasteiger partial charge in [0.25, 0.3) is 0 Å². The molecule has 0 radical (unpaired) electrons. The van der Waals surface area contributed by atoms with Gasteiger partial charge in [-0.05, 0) is 25.2 Å². The molecule has 5 heteroatoms. The van der Waals surface area contributed by atoms with Crippen molar-refractivity contribution in [3.8, 4) is 0 Å². The Bertz CT molecular complexity index is 207. The normalized spacial score (nSPS) is 17.1. The van der Waals surface area contributed by atoms with Crippen molar-refractivity contribution in [1.82, 2.24) is 5.32 Å². The Morgan fingerprint density at radius 3 is 2.94 bits per heavy atom. The highest BCUT2D eigenvalue weighted by molar-refractivity contribution is 5.81. The van der Waals surface area contributed by atoms with Gasteiger partial charge in [0.1, 0.15) is 6.04 Å². The predicted octanol–water partition coefficient (Wildman–Crippen LogP) is -0.107. The van der Waals surface area contributed by atoms with Crippen LogP contribution in [0.5, 0.6) is 0 Å². The van der Waals surface area contributed by atoms with Crippen LogP contribution in [0.3, 0.4) is 0 Å². The summed E-state index contributed by atoms with van der Waals surface area (Å²) in [6.45, 7) is 2.44. The summed E-state index contributed by atoms with van der Waals surface area (Å²) in [7, 11) is 1.53. The highest BCUT2D eigenvalue weighted by atomic mass is 16.5. The Kier molecular flexibility index (Phi) is 6.37. The molecule has 1 unspecified atom stereocenters. The maximum absolute atomic E-state index is 11.3. The summed E-state index contributed by atoms with van der Waals surface area (Å²) >= 11 is 0. The fraction of sp³-hybridized carbons (Fsp3) is 0.909. The van der Waals surface area contributed by atoms with Gasteiger partial charge in [0, 0.05) is 26.9 Å². The number of methoxy groups -OCH3 is 1. The first kappa shape index (κ1) is 13.4. The minimum absolute atomic E-state index is 0.163. The Hall–Kier alpha value is -0.650. The highest BCUT2D eigenvalue weighted by Crippen LogP contribution is 2.28. The van der Waals surface area contributed by atoms with Crippen molar-refractivity contribution in [1.29, 1.82) is 0 Å². The fourth-order valence-corrected chi connectivity index (χ4v) is 1.31. The van der Waals surface area contributed by atoms with Gasteiger partial charge in [0.2, 0.25) is 5.91 Å². The maximum atomic E-state index is 11.3. The summed E-state index contributed by atoms with van der Waals surface area (Å²) in [5.74, 6) is 0.633. The first-order valence-corrected chi connectivity index (χ1v) is 5.84. The van der Waals surface area contributed by atoms with Crippen LogP contribution in [0.4, 0.5) is 0 Å². The van der Waals surface area contributed by atoms with E-state index >= 15 is 0 Å². The second-order valence-corrected chi connectivity index (χ2v) is 4.22. The molecule has 1 fully saturated rings. The van der Waals surface area contributed by atoms with Gasteiger partial charge in [-0.15, -0.1) is 0 Å². The average molecular weight is 230 g/mol. The zero-order valence-corrected chi connectivity index (χ0v) is 9.91. The van der Waals surface area contributed by atoms with Crippen LogP contribution in [0, 0.1) is 5.92 Å². The number of amides is 1. The van der Waals surface area contributed by atoms with Gasteiger partial charge in [-0.3, -0.25) is 4.79 Å². The molecule has 1 amide bonds. The lowest BCUT2D eigenvalue weighted by Gasteiger charge is -2.11. The van der Waals surface area contributed by atoms with E-state index in [4.69, 9.17) is 15.2 Å².